The molecule has 1 saturated heterocycles. The zero-order valence-corrected chi connectivity index (χ0v) is 18.9. The minimum Gasteiger partial charge on any atom is -0.507 e. The summed E-state index contributed by atoms with van der Waals surface area (Å²) < 4.78 is 7.43. The number of hydrogen-bond acceptors (Lipinski definition) is 5. The lowest BCUT2D eigenvalue weighted by Gasteiger charge is -2.25. The summed E-state index contributed by atoms with van der Waals surface area (Å²) in [6.07, 6.45) is 5.84. The van der Waals surface area contributed by atoms with Crippen molar-refractivity contribution < 1.29 is 19.4 Å². The predicted octanol–water partition coefficient (Wildman–Crippen LogP) is 4.45. The van der Waals surface area contributed by atoms with Gasteiger partial charge in [-0.25, -0.2) is 4.98 Å². The third-order valence-electron chi connectivity index (χ3n) is 5.50. The van der Waals surface area contributed by atoms with E-state index in [-0.39, 0.29) is 11.3 Å². The van der Waals surface area contributed by atoms with E-state index in [0.717, 1.165) is 0 Å². The first-order valence-corrected chi connectivity index (χ1v) is 11.1. The molecule has 1 amide bonds. The van der Waals surface area contributed by atoms with Crippen LogP contribution in [-0.4, -0.2) is 44.4 Å². The van der Waals surface area contributed by atoms with Gasteiger partial charge in [-0.15, -0.1) is 0 Å². The Bertz CT molecular complexity index is 1190. The average molecular weight is 466 g/mol. The largest absolute Gasteiger partial charge is 0.507 e. The first-order chi connectivity index (χ1) is 16.0. The number of ether oxygens (including phenoxy) is 1. The molecule has 0 spiro atoms. The molecular weight excluding hydrogens is 442 g/mol. The molecule has 1 aromatic heterocycles. The number of carbonyl (C=O) groups is 2. The monoisotopic (exact) mass is 465 g/mol. The van der Waals surface area contributed by atoms with Crippen LogP contribution in [0.2, 0.25) is 5.02 Å². The van der Waals surface area contributed by atoms with Gasteiger partial charge in [0.15, 0.2) is 0 Å². The van der Waals surface area contributed by atoms with Gasteiger partial charge in [0.05, 0.1) is 24.5 Å². The number of imidazole rings is 1. The molecule has 2 heterocycles. The molecule has 170 valence electrons. The molecule has 1 fully saturated rings. The van der Waals surface area contributed by atoms with Crippen molar-refractivity contribution in [2.75, 3.05) is 13.2 Å². The highest BCUT2D eigenvalue weighted by Crippen LogP contribution is 2.40. The normalized spacial score (nSPS) is 17.5. The van der Waals surface area contributed by atoms with E-state index in [1.54, 1.807) is 61.1 Å². The lowest BCUT2D eigenvalue weighted by Crippen LogP contribution is -2.31. The van der Waals surface area contributed by atoms with E-state index in [2.05, 4.69) is 4.98 Å². The molecule has 8 heteroatoms. The fraction of sp³-hybridized carbons (Fsp3) is 0.240. The van der Waals surface area contributed by atoms with E-state index in [1.807, 2.05) is 17.7 Å². The summed E-state index contributed by atoms with van der Waals surface area (Å²) in [4.78, 5) is 31.7. The van der Waals surface area contributed by atoms with E-state index in [0.29, 0.717) is 48.0 Å². The molecule has 1 N–H and O–H groups in total. The molecule has 0 aliphatic carbocycles. The number of amides is 1. The number of carbonyl (C=O) groups excluding carboxylic acids is 2. The molecule has 0 bridgehead atoms. The molecule has 2 aromatic carbocycles. The maximum Gasteiger partial charge on any atom is 0.295 e. The summed E-state index contributed by atoms with van der Waals surface area (Å²) in [5, 5.41) is 11.7. The highest BCUT2D eigenvalue weighted by molar-refractivity contribution is 6.46. The fourth-order valence-electron chi connectivity index (χ4n) is 4.03. The number of ketones is 1. The van der Waals surface area contributed by atoms with Crippen LogP contribution in [0.25, 0.3) is 5.76 Å². The van der Waals surface area contributed by atoms with Gasteiger partial charge in [-0.3, -0.25) is 9.59 Å². The summed E-state index contributed by atoms with van der Waals surface area (Å²) in [6, 6.07) is 13.1. The Balaban J connectivity index is 1.74. The molecule has 4 rings (SSSR count). The lowest BCUT2D eigenvalue weighted by atomic mass is 9.95. The zero-order chi connectivity index (χ0) is 23.4. The van der Waals surface area contributed by atoms with Crippen molar-refractivity contribution >= 4 is 29.1 Å². The Morgan fingerprint density at radius 3 is 2.70 bits per heavy atom. The molecule has 0 radical (unpaired) electrons. The number of likely N-dealkylation sites (tertiary alicyclic amines) is 1. The Morgan fingerprint density at radius 2 is 1.97 bits per heavy atom. The third-order valence-corrected chi connectivity index (χ3v) is 5.73. The minimum absolute atomic E-state index is 0.0403. The predicted molar refractivity (Wildman–Crippen MR) is 125 cm³/mol. The number of benzene rings is 2. The van der Waals surface area contributed by atoms with Crippen LogP contribution in [0.1, 0.15) is 30.5 Å². The van der Waals surface area contributed by atoms with Crippen molar-refractivity contribution in [1.29, 1.82) is 0 Å². The van der Waals surface area contributed by atoms with Gasteiger partial charge in [0.25, 0.3) is 11.7 Å². The maximum absolute atomic E-state index is 13.1. The number of Topliss-reactive ketones (excluding diaryl/α,β-unsaturated/α-hetero) is 1. The average Bonchev–Trinajstić information content (AvgIpc) is 3.41. The quantitative estimate of drug-likeness (QED) is 0.302. The van der Waals surface area contributed by atoms with E-state index < -0.39 is 17.7 Å². The second kappa shape index (κ2) is 9.92. The van der Waals surface area contributed by atoms with Gasteiger partial charge in [0, 0.05) is 36.1 Å². The molecule has 33 heavy (non-hydrogen) atoms. The number of aliphatic hydroxyl groups is 1. The lowest BCUT2D eigenvalue weighted by molar-refractivity contribution is -0.139. The minimum atomic E-state index is -0.748. The van der Waals surface area contributed by atoms with E-state index in [9.17, 15) is 14.7 Å². The van der Waals surface area contributed by atoms with Crippen LogP contribution in [0.4, 0.5) is 0 Å². The number of halogens is 1. The number of nitrogens with zero attached hydrogens (tertiary/aromatic N) is 3. The molecular formula is C25H24ClN3O4. The van der Waals surface area contributed by atoms with E-state index in [4.69, 9.17) is 16.3 Å². The van der Waals surface area contributed by atoms with Gasteiger partial charge in [-0.05, 0) is 43.2 Å². The van der Waals surface area contributed by atoms with Crippen LogP contribution in [0.5, 0.6) is 5.75 Å². The topological polar surface area (TPSA) is 84.7 Å². The summed E-state index contributed by atoms with van der Waals surface area (Å²) in [5.41, 5.74) is 1.11. The van der Waals surface area contributed by atoms with Gasteiger partial charge >= 0.3 is 0 Å². The first-order valence-electron chi connectivity index (χ1n) is 10.7. The van der Waals surface area contributed by atoms with Crippen LogP contribution < -0.4 is 4.74 Å². The molecule has 1 unspecified atom stereocenters. The Morgan fingerprint density at radius 1 is 1.15 bits per heavy atom. The molecule has 1 aliphatic rings. The first kappa shape index (κ1) is 22.6. The number of hydrogen-bond donors (Lipinski definition) is 1. The van der Waals surface area contributed by atoms with E-state index >= 15 is 0 Å². The highest BCUT2D eigenvalue weighted by atomic mass is 35.5. The number of aromatic nitrogens is 2. The Hall–Kier alpha value is -3.58. The fourth-order valence-corrected chi connectivity index (χ4v) is 4.23. The molecule has 1 aliphatic heterocycles. The Labute approximate surface area is 196 Å². The van der Waals surface area contributed by atoms with Crippen molar-refractivity contribution in [3.8, 4) is 5.75 Å². The zero-order valence-electron chi connectivity index (χ0n) is 18.1. The summed E-state index contributed by atoms with van der Waals surface area (Å²) in [6.45, 7) is 3.30. The van der Waals surface area contributed by atoms with Crippen LogP contribution >= 0.6 is 11.6 Å². The smallest absolute Gasteiger partial charge is 0.295 e. The second-order valence-corrected chi connectivity index (χ2v) is 8.10. The van der Waals surface area contributed by atoms with Crippen molar-refractivity contribution in [2.24, 2.45) is 0 Å². The van der Waals surface area contributed by atoms with Crippen molar-refractivity contribution in [1.82, 2.24) is 14.5 Å². The molecule has 7 nitrogen and oxygen atoms in total. The van der Waals surface area contributed by atoms with Crippen molar-refractivity contribution in [3.63, 3.8) is 0 Å². The van der Waals surface area contributed by atoms with Crippen LogP contribution in [0.3, 0.4) is 0 Å². The van der Waals surface area contributed by atoms with Crippen LogP contribution in [0, 0.1) is 0 Å². The highest BCUT2D eigenvalue weighted by Gasteiger charge is 2.45. The molecule has 3 aromatic rings. The third kappa shape index (κ3) is 4.78. The summed E-state index contributed by atoms with van der Waals surface area (Å²) >= 11 is 6.22. The van der Waals surface area contributed by atoms with Crippen LogP contribution in [-0.2, 0) is 16.1 Å². The van der Waals surface area contributed by atoms with Crippen molar-refractivity contribution in [3.05, 3.63) is 89.0 Å². The standard InChI is InChI=1S/C25H24ClN3O4/c1-2-33-20-9-4-7-18(15-20)23(30)21-22(17-6-3-8-19(26)14-17)29(25(32)24(21)31)12-5-11-28-13-10-27-16-28/h3-4,6-10,13-16,22,30H,2,5,11-12H2,1H3/b23-21+. The molecule has 0 saturated carbocycles. The number of rotatable bonds is 8. The van der Waals surface area contributed by atoms with Gasteiger partial charge in [0.1, 0.15) is 11.5 Å². The number of aliphatic hydroxyl groups excluding tert-OH is 1. The SMILES string of the molecule is CCOc1cccc(/C(O)=C2\C(=O)C(=O)N(CCCn3ccnc3)C2c2cccc(Cl)c2)c1. The van der Waals surface area contributed by atoms with Crippen molar-refractivity contribution in [2.45, 2.75) is 25.9 Å². The van der Waals surface area contributed by atoms with Gasteiger partial charge in [-0.2, -0.15) is 0 Å². The molecule has 1 atom stereocenters. The van der Waals surface area contributed by atoms with Gasteiger partial charge < -0.3 is 19.3 Å². The second-order valence-electron chi connectivity index (χ2n) is 7.66. The van der Waals surface area contributed by atoms with Gasteiger partial charge in [0.2, 0.25) is 0 Å². The Kier molecular flexibility index (Phi) is 6.79. The van der Waals surface area contributed by atoms with Gasteiger partial charge in [-0.1, -0.05) is 35.9 Å². The van der Waals surface area contributed by atoms with E-state index in [1.165, 1.54) is 4.90 Å². The maximum atomic E-state index is 13.1. The summed E-state index contributed by atoms with van der Waals surface area (Å²) in [7, 11) is 0. The summed E-state index contributed by atoms with van der Waals surface area (Å²) in [5.74, 6) is -1.04. The number of aryl methyl sites for hydroxylation is 1. The van der Waals surface area contributed by atoms with Crippen LogP contribution in [0.15, 0.2) is 72.8 Å².